The Morgan fingerprint density at radius 2 is 2.08 bits per heavy atom. The molecular formula is C19H24N2O2S. The van der Waals surface area contributed by atoms with Gasteiger partial charge in [0, 0.05) is 24.5 Å². The number of thiazole rings is 1. The molecule has 128 valence electrons. The van der Waals surface area contributed by atoms with E-state index >= 15 is 0 Å². The van der Waals surface area contributed by atoms with Crippen LogP contribution in [0.5, 0.6) is 5.75 Å². The van der Waals surface area contributed by atoms with Crippen LogP contribution < -0.4 is 4.74 Å². The smallest absolute Gasteiger partial charge is 0.140 e. The minimum atomic E-state index is 0.437. The summed E-state index contributed by atoms with van der Waals surface area (Å²) in [6.45, 7) is 3.36. The van der Waals surface area contributed by atoms with Crippen LogP contribution in [0.25, 0.3) is 0 Å². The van der Waals surface area contributed by atoms with E-state index in [0.29, 0.717) is 18.8 Å². The summed E-state index contributed by atoms with van der Waals surface area (Å²) in [6.07, 6.45) is 5.56. The molecular weight excluding hydrogens is 320 g/mol. The predicted octanol–water partition coefficient (Wildman–Crippen LogP) is 3.87. The second-order valence-corrected chi connectivity index (χ2v) is 7.51. The van der Waals surface area contributed by atoms with Crippen molar-refractivity contribution in [3.63, 3.8) is 0 Å². The SMILES string of the molecule is c1ccc(OCc2nc(CN3CCO[C@@H]4CCCC[C@@H]43)cs2)cc1. The normalized spacial score (nSPS) is 24.5. The summed E-state index contributed by atoms with van der Waals surface area (Å²) in [5.41, 5.74) is 1.16. The van der Waals surface area contributed by atoms with Gasteiger partial charge in [-0.15, -0.1) is 11.3 Å². The quantitative estimate of drug-likeness (QED) is 0.825. The number of hydrogen-bond acceptors (Lipinski definition) is 5. The fourth-order valence-electron chi connectivity index (χ4n) is 3.73. The Morgan fingerprint density at radius 1 is 1.21 bits per heavy atom. The molecule has 24 heavy (non-hydrogen) atoms. The zero-order valence-electron chi connectivity index (χ0n) is 13.9. The third kappa shape index (κ3) is 3.79. The van der Waals surface area contributed by atoms with Crippen LogP contribution in [0.3, 0.4) is 0 Å². The van der Waals surface area contributed by atoms with Gasteiger partial charge in [-0.05, 0) is 25.0 Å². The van der Waals surface area contributed by atoms with Crippen LogP contribution in [0.15, 0.2) is 35.7 Å². The Labute approximate surface area is 147 Å². The van der Waals surface area contributed by atoms with Crippen LogP contribution >= 0.6 is 11.3 Å². The molecule has 0 amide bonds. The highest BCUT2D eigenvalue weighted by Gasteiger charge is 2.34. The third-order valence-corrected chi connectivity index (χ3v) is 5.79. The first-order valence-corrected chi connectivity index (χ1v) is 9.73. The summed E-state index contributed by atoms with van der Waals surface area (Å²) in [6, 6.07) is 10.5. The van der Waals surface area contributed by atoms with Gasteiger partial charge in [0.05, 0.1) is 18.4 Å². The molecule has 2 heterocycles. The highest BCUT2D eigenvalue weighted by molar-refractivity contribution is 7.09. The molecule has 1 aliphatic carbocycles. The lowest BCUT2D eigenvalue weighted by molar-refractivity contribution is -0.0914. The van der Waals surface area contributed by atoms with Gasteiger partial charge in [0.1, 0.15) is 17.4 Å². The molecule has 2 atom stereocenters. The van der Waals surface area contributed by atoms with Crippen LogP contribution in [0, 0.1) is 0 Å². The maximum atomic E-state index is 5.96. The van der Waals surface area contributed by atoms with Gasteiger partial charge in [0.15, 0.2) is 0 Å². The second-order valence-electron chi connectivity index (χ2n) is 6.57. The van der Waals surface area contributed by atoms with Gasteiger partial charge in [-0.3, -0.25) is 4.90 Å². The van der Waals surface area contributed by atoms with Crippen LogP contribution in [0.2, 0.25) is 0 Å². The van der Waals surface area contributed by atoms with Crippen LogP contribution in [-0.2, 0) is 17.9 Å². The summed E-state index contributed by atoms with van der Waals surface area (Å²) in [7, 11) is 0. The Morgan fingerprint density at radius 3 is 3.00 bits per heavy atom. The van der Waals surface area contributed by atoms with E-state index < -0.39 is 0 Å². The summed E-state index contributed by atoms with van der Waals surface area (Å²) in [5.74, 6) is 0.896. The lowest BCUT2D eigenvalue weighted by atomic mass is 9.90. The average molecular weight is 344 g/mol. The largest absolute Gasteiger partial charge is 0.486 e. The van der Waals surface area contributed by atoms with E-state index in [-0.39, 0.29) is 0 Å². The van der Waals surface area contributed by atoms with Gasteiger partial charge in [0.2, 0.25) is 0 Å². The van der Waals surface area contributed by atoms with Gasteiger partial charge in [-0.25, -0.2) is 4.98 Å². The van der Waals surface area contributed by atoms with Crippen molar-refractivity contribution >= 4 is 11.3 Å². The van der Waals surface area contributed by atoms with Crippen molar-refractivity contribution in [3.05, 3.63) is 46.4 Å². The van der Waals surface area contributed by atoms with Crippen molar-refractivity contribution in [2.24, 2.45) is 0 Å². The number of rotatable bonds is 5. The van der Waals surface area contributed by atoms with Crippen molar-refractivity contribution in [2.75, 3.05) is 13.2 Å². The van der Waals surface area contributed by atoms with E-state index in [9.17, 15) is 0 Å². The first-order valence-electron chi connectivity index (χ1n) is 8.85. The maximum Gasteiger partial charge on any atom is 0.140 e. The Hall–Kier alpha value is -1.43. The molecule has 0 spiro atoms. The van der Waals surface area contributed by atoms with Crippen molar-refractivity contribution in [2.45, 2.75) is 51.0 Å². The van der Waals surface area contributed by atoms with E-state index in [1.165, 1.54) is 25.7 Å². The molecule has 0 radical (unpaired) electrons. The van der Waals surface area contributed by atoms with Gasteiger partial charge < -0.3 is 9.47 Å². The summed E-state index contributed by atoms with van der Waals surface area (Å²) < 4.78 is 11.8. The highest BCUT2D eigenvalue weighted by atomic mass is 32.1. The van der Waals surface area contributed by atoms with E-state index in [0.717, 1.165) is 36.1 Å². The molecule has 2 aromatic rings. The molecule has 1 saturated carbocycles. The lowest BCUT2D eigenvalue weighted by Crippen LogP contribution is -2.52. The standard InChI is InChI=1S/C19H24N2O2S/c1-2-6-16(7-3-1)23-13-19-20-15(14-24-19)12-21-10-11-22-18-9-5-4-8-17(18)21/h1-3,6-7,14,17-18H,4-5,8-13H2/t17-,18+/m0/s1. The molecule has 4 rings (SSSR count). The van der Waals surface area contributed by atoms with Gasteiger partial charge >= 0.3 is 0 Å². The van der Waals surface area contributed by atoms with Gasteiger partial charge in [0.25, 0.3) is 0 Å². The van der Waals surface area contributed by atoms with Crippen molar-refractivity contribution < 1.29 is 9.47 Å². The van der Waals surface area contributed by atoms with E-state index in [2.05, 4.69) is 10.3 Å². The summed E-state index contributed by atoms with van der Waals surface area (Å²) in [4.78, 5) is 7.34. The third-order valence-electron chi connectivity index (χ3n) is 4.92. The van der Waals surface area contributed by atoms with E-state index in [1.54, 1.807) is 11.3 Å². The molecule has 2 fully saturated rings. The molecule has 1 aromatic heterocycles. The van der Waals surface area contributed by atoms with Crippen LogP contribution in [0.1, 0.15) is 36.4 Å². The van der Waals surface area contributed by atoms with Crippen molar-refractivity contribution in [1.29, 1.82) is 0 Å². The number of ether oxygens (including phenoxy) is 2. The molecule has 5 heteroatoms. The Kier molecular flexibility index (Phi) is 5.11. The fraction of sp³-hybridized carbons (Fsp3) is 0.526. The minimum Gasteiger partial charge on any atom is -0.486 e. The molecule has 1 saturated heterocycles. The lowest BCUT2D eigenvalue weighted by Gasteiger charge is -2.43. The monoisotopic (exact) mass is 344 g/mol. The zero-order valence-corrected chi connectivity index (χ0v) is 14.7. The topological polar surface area (TPSA) is 34.6 Å². The Bertz CT molecular complexity index is 644. The first-order chi connectivity index (χ1) is 11.9. The van der Waals surface area contributed by atoms with Crippen molar-refractivity contribution in [1.82, 2.24) is 9.88 Å². The summed E-state index contributed by atoms with van der Waals surface area (Å²) >= 11 is 1.69. The molecule has 1 aromatic carbocycles. The van der Waals surface area contributed by atoms with E-state index in [4.69, 9.17) is 14.5 Å². The van der Waals surface area contributed by atoms with Crippen LogP contribution in [-0.4, -0.2) is 35.2 Å². The van der Waals surface area contributed by atoms with Gasteiger partial charge in [-0.1, -0.05) is 31.0 Å². The maximum absolute atomic E-state index is 5.96. The number of fused-ring (bicyclic) bond motifs is 1. The number of morpholine rings is 1. The minimum absolute atomic E-state index is 0.437. The molecule has 1 aliphatic heterocycles. The second kappa shape index (κ2) is 7.64. The average Bonchev–Trinajstić information content (AvgIpc) is 3.09. The number of hydrogen-bond donors (Lipinski definition) is 0. The van der Waals surface area contributed by atoms with E-state index in [1.807, 2.05) is 30.3 Å². The summed E-state index contributed by atoms with van der Waals surface area (Å²) in [5, 5.41) is 3.22. The number of aromatic nitrogens is 1. The fourth-order valence-corrected chi connectivity index (χ4v) is 4.43. The predicted molar refractivity (Wildman–Crippen MR) is 95.3 cm³/mol. The highest BCUT2D eigenvalue weighted by Crippen LogP contribution is 2.29. The Balaban J connectivity index is 1.34. The zero-order chi connectivity index (χ0) is 16.2. The van der Waals surface area contributed by atoms with Crippen molar-refractivity contribution in [3.8, 4) is 5.75 Å². The molecule has 0 bridgehead atoms. The number of benzene rings is 1. The number of para-hydroxylation sites is 1. The molecule has 0 N–H and O–H groups in total. The molecule has 4 nitrogen and oxygen atoms in total. The van der Waals surface area contributed by atoms with Crippen LogP contribution in [0.4, 0.5) is 0 Å². The molecule has 2 aliphatic rings. The number of nitrogens with zero attached hydrogens (tertiary/aromatic N) is 2. The molecule has 0 unspecified atom stereocenters. The van der Waals surface area contributed by atoms with Gasteiger partial charge in [-0.2, -0.15) is 0 Å². The first kappa shape index (κ1) is 16.1.